The molecule has 0 aliphatic rings. The Morgan fingerprint density at radius 2 is 1.35 bits per heavy atom. The highest BCUT2D eigenvalue weighted by Gasteiger charge is 2.16. The third-order valence-corrected chi connectivity index (χ3v) is 5.82. The minimum absolute atomic E-state index is 0.631. The lowest BCUT2D eigenvalue weighted by Crippen LogP contribution is -2.10. The van der Waals surface area contributed by atoms with Crippen LogP contribution in [0.5, 0.6) is 0 Å². The average Bonchev–Trinajstić information content (AvgIpc) is 3.16. The van der Waals surface area contributed by atoms with Crippen molar-refractivity contribution < 1.29 is 0 Å². The van der Waals surface area contributed by atoms with Crippen LogP contribution in [0.25, 0.3) is 22.6 Å². The standard InChI is InChI=1S/C14H12Br2N8S2/c1-25-13-21-9-12(20-8(16)5-17-9)24(13)4-3-23-11-10(22-14(23)26-2)19-7(15)6-18-11/h5-6H,3-4H2,1-2H3. The van der Waals surface area contributed by atoms with E-state index in [1.807, 2.05) is 12.5 Å². The summed E-state index contributed by atoms with van der Waals surface area (Å²) in [6.45, 7) is 1.35. The van der Waals surface area contributed by atoms with E-state index in [1.165, 1.54) is 0 Å². The molecule has 0 aliphatic heterocycles. The number of rotatable bonds is 5. The fourth-order valence-corrected chi connectivity index (χ4v) is 4.32. The van der Waals surface area contributed by atoms with Crippen LogP contribution >= 0.6 is 55.4 Å². The minimum atomic E-state index is 0.631. The minimum Gasteiger partial charge on any atom is -0.300 e. The number of halogens is 2. The zero-order chi connectivity index (χ0) is 18.3. The summed E-state index contributed by atoms with van der Waals surface area (Å²) in [5.41, 5.74) is 2.79. The van der Waals surface area contributed by atoms with Crippen molar-refractivity contribution in [3.8, 4) is 0 Å². The summed E-state index contributed by atoms with van der Waals surface area (Å²) in [6.07, 6.45) is 7.34. The van der Waals surface area contributed by atoms with Crippen molar-refractivity contribution in [2.75, 3.05) is 12.5 Å². The van der Waals surface area contributed by atoms with Gasteiger partial charge < -0.3 is 9.13 Å². The van der Waals surface area contributed by atoms with Gasteiger partial charge in [0, 0.05) is 13.1 Å². The Bertz CT molecular complexity index is 1110. The van der Waals surface area contributed by atoms with Gasteiger partial charge in [-0.05, 0) is 44.4 Å². The summed E-state index contributed by atoms with van der Waals surface area (Å²) in [4.78, 5) is 26.9. The van der Waals surface area contributed by atoms with Crippen molar-refractivity contribution in [1.82, 2.24) is 39.0 Å². The van der Waals surface area contributed by atoms with Crippen molar-refractivity contribution in [1.29, 1.82) is 0 Å². The lowest BCUT2D eigenvalue weighted by molar-refractivity contribution is 0.535. The maximum absolute atomic E-state index is 4.57. The third kappa shape index (κ3) is 3.23. The second kappa shape index (κ2) is 7.41. The maximum atomic E-state index is 4.57. The van der Waals surface area contributed by atoms with Crippen molar-refractivity contribution in [2.24, 2.45) is 0 Å². The van der Waals surface area contributed by atoms with Crippen LogP contribution in [0.4, 0.5) is 0 Å². The first kappa shape index (κ1) is 18.1. The highest BCUT2D eigenvalue weighted by Crippen LogP contribution is 2.24. The second-order valence-corrected chi connectivity index (χ2v) is 8.35. The molecule has 0 saturated carbocycles. The summed E-state index contributed by atoms with van der Waals surface area (Å²) >= 11 is 9.88. The van der Waals surface area contributed by atoms with E-state index in [-0.39, 0.29) is 0 Å². The van der Waals surface area contributed by atoms with Gasteiger partial charge >= 0.3 is 0 Å². The Kier molecular flexibility index (Phi) is 5.17. The van der Waals surface area contributed by atoms with Gasteiger partial charge in [-0.2, -0.15) is 0 Å². The SMILES string of the molecule is CSc1nc2nc(Br)cnc2n1CCn1c(SC)nc2ncc(Br)nc21. The molecule has 134 valence electrons. The Morgan fingerprint density at radius 3 is 2.04 bits per heavy atom. The number of aromatic nitrogens is 8. The molecule has 0 N–H and O–H groups in total. The Balaban J connectivity index is 1.75. The van der Waals surface area contributed by atoms with Crippen LogP contribution in [-0.4, -0.2) is 51.5 Å². The number of hydrogen-bond acceptors (Lipinski definition) is 8. The van der Waals surface area contributed by atoms with E-state index in [0.29, 0.717) is 33.6 Å². The van der Waals surface area contributed by atoms with E-state index in [9.17, 15) is 0 Å². The molecule has 0 fully saturated rings. The second-order valence-electron chi connectivity index (χ2n) is 5.18. The van der Waals surface area contributed by atoms with Crippen LogP contribution < -0.4 is 0 Å². The van der Waals surface area contributed by atoms with Gasteiger partial charge in [-0.15, -0.1) is 0 Å². The van der Waals surface area contributed by atoms with Gasteiger partial charge in [0.15, 0.2) is 32.9 Å². The van der Waals surface area contributed by atoms with E-state index < -0.39 is 0 Å². The number of nitrogens with zero attached hydrogens (tertiary/aromatic N) is 8. The number of hydrogen-bond donors (Lipinski definition) is 0. The van der Waals surface area contributed by atoms with Gasteiger partial charge in [0.25, 0.3) is 0 Å². The van der Waals surface area contributed by atoms with Gasteiger partial charge in [-0.25, -0.2) is 29.9 Å². The van der Waals surface area contributed by atoms with Gasteiger partial charge in [0.05, 0.1) is 12.4 Å². The molecular weight excluding hydrogens is 504 g/mol. The number of imidazole rings is 2. The zero-order valence-corrected chi connectivity index (χ0v) is 18.5. The lowest BCUT2D eigenvalue weighted by Gasteiger charge is -2.10. The molecule has 26 heavy (non-hydrogen) atoms. The lowest BCUT2D eigenvalue weighted by atomic mass is 10.5. The summed E-state index contributed by atoms with van der Waals surface area (Å²) in [5, 5.41) is 1.75. The quantitative estimate of drug-likeness (QED) is 0.372. The van der Waals surface area contributed by atoms with E-state index in [2.05, 4.69) is 70.9 Å². The van der Waals surface area contributed by atoms with Crippen LogP contribution in [0.2, 0.25) is 0 Å². The number of aryl methyl sites for hydroxylation is 2. The predicted octanol–water partition coefficient (Wildman–Crippen LogP) is 3.64. The zero-order valence-electron chi connectivity index (χ0n) is 13.7. The number of fused-ring (bicyclic) bond motifs is 2. The Hall–Kier alpha value is -1.24. The molecule has 4 aromatic rings. The highest BCUT2D eigenvalue weighted by atomic mass is 79.9. The Morgan fingerprint density at radius 1 is 0.769 bits per heavy atom. The fourth-order valence-electron chi connectivity index (χ4n) is 2.63. The van der Waals surface area contributed by atoms with E-state index >= 15 is 0 Å². The highest BCUT2D eigenvalue weighted by molar-refractivity contribution is 9.10. The molecule has 4 heterocycles. The van der Waals surface area contributed by atoms with Crippen molar-refractivity contribution in [2.45, 2.75) is 23.4 Å². The van der Waals surface area contributed by atoms with Gasteiger partial charge in [0.2, 0.25) is 0 Å². The smallest absolute Gasteiger partial charge is 0.199 e. The molecule has 0 bridgehead atoms. The largest absolute Gasteiger partial charge is 0.300 e. The van der Waals surface area contributed by atoms with E-state index in [4.69, 9.17) is 0 Å². The van der Waals surface area contributed by atoms with Crippen LogP contribution in [0, 0.1) is 0 Å². The first-order valence-electron chi connectivity index (χ1n) is 7.46. The average molecular weight is 516 g/mol. The summed E-state index contributed by atoms with van der Waals surface area (Å²) in [6, 6.07) is 0. The maximum Gasteiger partial charge on any atom is 0.199 e. The molecule has 0 aliphatic carbocycles. The summed E-state index contributed by atoms with van der Waals surface area (Å²) < 4.78 is 5.50. The molecule has 4 aromatic heterocycles. The van der Waals surface area contributed by atoms with E-state index in [1.54, 1.807) is 35.9 Å². The van der Waals surface area contributed by atoms with Crippen LogP contribution in [0.3, 0.4) is 0 Å². The molecule has 4 rings (SSSR count). The van der Waals surface area contributed by atoms with Crippen molar-refractivity contribution in [3.63, 3.8) is 0 Å². The van der Waals surface area contributed by atoms with Gasteiger partial charge in [0.1, 0.15) is 9.21 Å². The van der Waals surface area contributed by atoms with Gasteiger partial charge in [-0.3, -0.25) is 0 Å². The first-order valence-corrected chi connectivity index (χ1v) is 11.5. The van der Waals surface area contributed by atoms with E-state index in [0.717, 1.165) is 21.6 Å². The van der Waals surface area contributed by atoms with Gasteiger partial charge in [-0.1, -0.05) is 23.5 Å². The van der Waals surface area contributed by atoms with Crippen LogP contribution in [0.1, 0.15) is 0 Å². The van der Waals surface area contributed by atoms with Crippen molar-refractivity contribution in [3.05, 3.63) is 21.6 Å². The van der Waals surface area contributed by atoms with Crippen LogP contribution in [-0.2, 0) is 13.1 Å². The molecule has 0 amide bonds. The molecule has 0 spiro atoms. The molecule has 8 nitrogen and oxygen atoms in total. The molecule has 0 aromatic carbocycles. The molecule has 0 unspecified atom stereocenters. The first-order chi connectivity index (χ1) is 12.6. The van der Waals surface area contributed by atoms with Crippen molar-refractivity contribution >= 4 is 78.0 Å². The fraction of sp³-hybridized carbons (Fsp3) is 0.286. The van der Waals surface area contributed by atoms with Crippen LogP contribution in [0.15, 0.2) is 31.9 Å². The Labute approximate surface area is 173 Å². The molecule has 0 saturated heterocycles. The summed E-state index contributed by atoms with van der Waals surface area (Å²) in [5.74, 6) is 0. The number of thioether (sulfide) groups is 2. The molecule has 0 radical (unpaired) electrons. The normalized spacial score (nSPS) is 11.7. The third-order valence-electron chi connectivity index (χ3n) is 3.70. The molecule has 0 atom stereocenters. The molecule has 12 heteroatoms. The topological polar surface area (TPSA) is 87.2 Å². The predicted molar refractivity (Wildman–Crippen MR) is 110 cm³/mol. The summed E-state index contributed by atoms with van der Waals surface area (Å²) in [7, 11) is 0. The monoisotopic (exact) mass is 514 g/mol. The molecular formula is C14H12Br2N8S2.